The highest BCUT2D eigenvalue weighted by Crippen LogP contribution is 2.28. The molecule has 0 spiro atoms. The van der Waals surface area contributed by atoms with Gasteiger partial charge in [0.15, 0.2) is 0 Å². The Labute approximate surface area is 114 Å². The third-order valence-corrected chi connectivity index (χ3v) is 3.77. The number of hydrogen-bond donors (Lipinski definition) is 1. The van der Waals surface area contributed by atoms with E-state index in [-0.39, 0.29) is 0 Å². The van der Waals surface area contributed by atoms with Crippen LogP contribution in [-0.2, 0) is 6.54 Å². The standard InChI is InChI=1S/C13H23ClN4/c1-17(2)8-9-18-13(11(14)10-16-18)12-6-4-3-5-7-15-12/h10,12,15H,3-9H2,1-2H3. The van der Waals surface area contributed by atoms with Crippen LogP contribution in [0.5, 0.6) is 0 Å². The molecule has 18 heavy (non-hydrogen) atoms. The van der Waals surface area contributed by atoms with E-state index in [1.54, 1.807) is 6.20 Å². The van der Waals surface area contributed by atoms with E-state index in [1.165, 1.54) is 25.0 Å². The second-order valence-corrected chi connectivity index (χ2v) is 5.67. The molecule has 1 aromatic heterocycles. The first kappa shape index (κ1) is 13.8. The molecule has 0 aliphatic carbocycles. The summed E-state index contributed by atoms with van der Waals surface area (Å²) in [6.45, 7) is 2.96. The average Bonchev–Trinajstić information content (AvgIpc) is 2.55. The lowest BCUT2D eigenvalue weighted by Gasteiger charge is -2.19. The van der Waals surface area contributed by atoms with Crippen LogP contribution in [-0.4, -0.2) is 41.9 Å². The molecule has 1 atom stereocenters. The maximum atomic E-state index is 6.31. The van der Waals surface area contributed by atoms with E-state index in [2.05, 4.69) is 34.1 Å². The van der Waals surface area contributed by atoms with Gasteiger partial charge < -0.3 is 10.2 Å². The topological polar surface area (TPSA) is 33.1 Å². The Kier molecular flexibility index (Phi) is 5.03. The van der Waals surface area contributed by atoms with Crippen LogP contribution in [0, 0.1) is 0 Å². The first-order valence-electron chi connectivity index (χ1n) is 6.78. The molecule has 0 saturated carbocycles. The van der Waals surface area contributed by atoms with Crippen molar-refractivity contribution in [2.45, 2.75) is 38.3 Å². The molecule has 1 saturated heterocycles. The SMILES string of the molecule is CN(C)CCn1ncc(Cl)c1C1CCCCCN1. The maximum absolute atomic E-state index is 6.31. The zero-order valence-electron chi connectivity index (χ0n) is 11.3. The van der Waals surface area contributed by atoms with Crippen molar-refractivity contribution in [3.05, 3.63) is 16.9 Å². The van der Waals surface area contributed by atoms with E-state index < -0.39 is 0 Å². The van der Waals surface area contributed by atoms with Crippen molar-refractivity contribution in [2.24, 2.45) is 0 Å². The normalized spacial score (nSPS) is 21.2. The van der Waals surface area contributed by atoms with Crippen LogP contribution in [0.25, 0.3) is 0 Å². The van der Waals surface area contributed by atoms with Gasteiger partial charge in [0.25, 0.3) is 0 Å². The van der Waals surface area contributed by atoms with Crippen molar-refractivity contribution < 1.29 is 0 Å². The second kappa shape index (κ2) is 6.55. The minimum absolute atomic E-state index is 0.365. The molecule has 1 aliphatic heterocycles. The Morgan fingerprint density at radius 2 is 2.28 bits per heavy atom. The van der Waals surface area contributed by atoms with Crippen LogP contribution in [0.2, 0.25) is 5.02 Å². The Morgan fingerprint density at radius 1 is 1.44 bits per heavy atom. The van der Waals surface area contributed by atoms with E-state index >= 15 is 0 Å². The largest absolute Gasteiger partial charge is 0.309 e. The lowest BCUT2D eigenvalue weighted by molar-refractivity contribution is 0.361. The molecule has 1 aromatic rings. The zero-order chi connectivity index (χ0) is 13.0. The van der Waals surface area contributed by atoms with Gasteiger partial charge in [0.1, 0.15) is 0 Å². The van der Waals surface area contributed by atoms with Gasteiger partial charge in [-0.3, -0.25) is 4.68 Å². The van der Waals surface area contributed by atoms with Crippen LogP contribution in [0.15, 0.2) is 6.20 Å². The first-order chi connectivity index (χ1) is 8.68. The first-order valence-corrected chi connectivity index (χ1v) is 7.15. The van der Waals surface area contributed by atoms with Gasteiger partial charge in [-0.25, -0.2) is 0 Å². The Hall–Kier alpha value is -0.580. The van der Waals surface area contributed by atoms with Crippen molar-refractivity contribution in [2.75, 3.05) is 27.2 Å². The van der Waals surface area contributed by atoms with Crippen molar-refractivity contribution >= 4 is 11.6 Å². The van der Waals surface area contributed by atoms with Crippen LogP contribution >= 0.6 is 11.6 Å². The number of rotatable bonds is 4. The highest BCUT2D eigenvalue weighted by molar-refractivity contribution is 6.31. The van der Waals surface area contributed by atoms with Gasteiger partial charge in [0.2, 0.25) is 0 Å². The second-order valence-electron chi connectivity index (χ2n) is 5.26. The summed E-state index contributed by atoms with van der Waals surface area (Å²) >= 11 is 6.31. The Balaban J connectivity index is 2.11. The molecule has 0 bridgehead atoms. The minimum atomic E-state index is 0.365. The highest BCUT2D eigenvalue weighted by atomic mass is 35.5. The average molecular weight is 271 g/mol. The van der Waals surface area contributed by atoms with Gasteiger partial charge in [-0.15, -0.1) is 0 Å². The molecular formula is C13H23ClN4. The number of likely N-dealkylation sites (N-methyl/N-ethyl adjacent to an activating group) is 1. The van der Waals surface area contributed by atoms with Crippen LogP contribution in [0.4, 0.5) is 0 Å². The van der Waals surface area contributed by atoms with Gasteiger partial charge in [-0.2, -0.15) is 5.10 Å². The molecule has 5 heteroatoms. The minimum Gasteiger partial charge on any atom is -0.309 e. The van der Waals surface area contributed by atoms with E-state index in [0.29, 0.717) is 6.04 Å². The van der Waals surface area contributed by atoms with Crippen LogP contribution in [0.1, 0.15) is 37.4 Å². The number of halogens is 1. The predicted octanol–water partition coefficient (Wildman–Crippen LogP) is 2.30. The summed E-state index contributed by atoms with van der Waals surface area (Å²) in [5.41, 5.74) is 1.17. The third-order valence-electron chi connectivity index (χ3n) is 3.48. The number of hydrogen-bond acceptors (Lipinski definition) is 3. The van der Waals surface area contributed by atoms with Gasteiger partial charge in [-0.1, -0.05) is 24.4 Å². The highest BCUT2D eigenvalue weighted by Gasteiger charge is 2.21. The van der Waals surface area contributed by atoms with Gasteiger partial charge in [0, 0.05) is 6.54 Å². The summed E-state index contributed by atoms with van der Waals surface area (Å²) in [7, 11) is 4.16. The Morgan fingerprint density at radius 3 is 3.06 bits per heavy atom. The van der Waals surface area contributed by atoms with E-state index in [0.717, 1.165) is 31.1 Å². The molecule has 0 aromatic carbocycles. The zero-order valence-corrected chi connectivity index (χ0v) is 12.1. The molecule has 1 N–H and O–H groups in total. The molecule has 1 unspecified atom stereocenters. The molecule has 0 radical (unpaired) electrons. The fourth-order valence-corrected chi connectivity index (χ4v) is 2.73. The fourth-order valence-electron chi connectivity index (χ4n) is 2.45. The van der Waals surface area contributed by atoms with E-state index in [4.69, 9.17) is 11.6 Å². The quantitative estimate of drug-likeness (QED) is 0.911. The van der Waals surface area contributed by atoms with Crippen LogP contribution in [0.3, 0.4) is 0 Å². The van der Waals surface area contributed by atoms with Crippen molar-refractivity contribution in [3.8, 4) is 0 Å². The summed E-state index contributed by atoms with van der Waals surface area (Å²) in [5.74, 6) is 0. The fraction of sp³-hybridized carbons (Fsp3) is 0.769. The third kappa shape index (κ3) is 3.46. The van der Waals surface area contributed by atoms with Gasteiger partial charge in [0.05, 0.1) is 29.5 Å². The molecule has 1 aliphatic rings. The molecule has 2 heterocycles. The lowest BCUT2D eigenvalue weighted by atomic mass is 10.1. The maximum Gasteiger partial charge on any atom is 0.0834 e. The summed E-state index contributed by atoms with van der Waals surface area (Å²) in [5, 5.41) is 8.80. The summed E-state index contributed by atoms with van der Waals surface area (Å²) in [4.78, 5) is 2.17. The molecular weight excluding hydrogens is 248 g/mol. The summed E-state index contributed by atoms with van der Waals surface area (Å²) in [6.07, 6.45) is 6.78. The Bertz CT molecular complexity index is 367. The predicted molar refractivity (Wildman–Crippen MR) is 75.0 cm³/mol. The monoisotopic (exact) mass is 270 g/mol. The molecule has 1 fully saturated rings. The van der Waals surface area contributed by atoms with Gasteiger partial charge >= 0.3 is 0 Å². The number of nitrogens with zero attached hydrogens (tertiary/aromatic N) is 3. The molecule has 2 rings (SSSR count). The van der Waals surface area contributed by atoms with Crippen molar-refractivity contribution in [1.82, 2.24) is 20.0 Å². The van der Waals surface area contributed by atoms with E-state index in [1.807, 2.05) is 0 Å². The van der Waals surface area contributed by atoms with Crippen molar-refractivity contribution in [1.29, 1.82) is 0 Å². The molecule has 4 nitrogen and oxygen atoms in total. The lowest BCUT2D eigenvalue weighted by Crippen LogP contribution is -2.26. The van der Waals surface area contributed by atoms with Crippen LogP contribution < -0.4 is 5.32 Å². The summed E-state index contributed by atoms with van der Waals surface area (Å²) < 4.78 is 2.06. The van der Waals surface area contributed by atoms with Gasteiger partial charge in [-0.05, 0) is 33.5 Å². The summed E-state index contributed by atoms with van der Waals surface area (Å²) in [6, 6.07) is 0.365. The van der Waals surface area contributed by atoms with Crippen molar-refractivity contribution in [3.63, 3.8) is 0 Å². The molecule has 0 amide bonds. The smallest absolute Gasteiger partial charge is 0.0834 e. The number of nitrogens with one attached hydrogen (secondary N) is 1. The molecule has 102 valence electrons. The van der Waals surface area contributed by atoms with E-state index in [9.17, 15) is 0 Å². The number of aromatic nitrogens is 2.